The molecule has 6 heteroatoms. The lowest BCUT2D eigenvalue weighted by atomic mass is 9.94. The summed E-state index contributed by atoms with van der Waals surface area (Å²) in [7, 11) is 0. The maximum Gasteiger partial charge on any atom is 0.129 e. The highest BCUT2D eigenvalue weighted by atomic mass is 35.5. The van der Waals surface area contributed by atoms with Gasteiger partial charge in [0.05, 0.1) is 17.8 Å². The summed E-state index contributed by atoms with van der Waals surface area (Å²) in [4.78, 5) is 4.17. The van der Waals surface area contributed by atoms with Crippen LogP contribution in [0.3, 0.4) is 0 Å². The lowest BCUT2D eigenvalue weighted by molar-refractivity contribution is 0.0289. The van der Waals surface area contributed by atoms with Gasteiger partial charge in [0.25, 0.3) is 0 Å². The summed E-state index contributed by atoms with van der Waals surface area (Å²) in [5, 5.41) is 20.2. The van der Waals surface area contributed by atoms with Crippen molar-refractivity contribution in [3.05, 3.63) is 23.1 Å². The number of pyridine rings is 1. The molecule has 2 N–H and O–H groups in total. The average molecular weight is 293 g/mol. The van der Waals surface area contributed by atoms with Gasteiger partial charge in [-0.1, -0.05) is 11.6 Å². The molecule has 1 aliphatic heterocycles. The molecule has 3 heterocycles. The Morgan fingerprint density at radius 3 is 2.80 bits per heavy atom. The summed E-state index contributed by atoms with van der Waals surface area (Å²) in [6.45, 7) is 3.68. The summed E-state index contributed by atoms with van der Waals surface area (Å²) in [5.74, 6) is 0.306. The summed E-state index contributed by atoms with van der Waals surface area (Å²) >= 11 is 6.03. The maximum atomic E-state index is 10.8. The second kappa shape index (κ2) is 4.16. The third-order valence-electron chi connectivity index (χ3n) is 4.52. The fourth-order valence-electron chi connectivity index (χ4n) is 2.95. The van der Waals surface area contributed by atoms with Crippen LogP contribution in [0.15, 0.2) is 12.3 Å². The van der Waals surface area contributed by atoms with Crippen molar-refractivity contribution in [2.45, 2.75) is 31.4 Å². The number of halogens is 1. The van der Waals surface area contributed by atoms with Crippen molar-refractivity contribution < 1.29 is 5.11 Å². The van der Waals surface area contributed by atoms with Gasteiger partial charge in [-0.2, -0.15) is 5.10 Å². The van der Waals surface area contributed by atoms with Crippen molar-refractivity contribution >= 4 is 22.5 Å². The molecule has 2 aliphatic rings. The molecule has 2 aromatic rings. The van der Waals surface area contributed by atoms with E-state index in [0.29, 0.717) is 17.1 Å². The Kier molecular flexibility index (Phi) is 2.61. The van der Waals surface area contributed by atoms with Gasteiger partial charge in [-0.05, 0) is 31.7 Å². The van der Waals surface area contributed by atoms with Crippen molar-refractivity contribution in [2.75, 3.05) is 13.1 Å². The average Bonchev–Trinajstić information content (AvgIpc) is 3.12. The van der Waals surface area contributed by atoms with Crippen LogP contribution in [0.5, 0.6) is 0 Å². The highest BCUT2D eigenvalue weighted by Gasteiger charge is 2.44. The Bertz CT molecular complexity index is 673. The van der Waals surface area contributed by atoms with E-state index < -0.39 is 5.60 Å². The molecule has 4 rings (SSSR count). The van der Waals surface area contributed by atoms with E-state index in [1.807, 2.05) is 17.7 Å². The fourth-order valence-corrected chi connectivity index (χ4v) is 3.11. The maximum absolute atomic E-state index is 10.8. The van der Waals surface area contributed by atoms with E-state index in [0.717, 1.165) is 42.5 Å². The molecule has 1 aliphatic carbocycles. The molecule has 20 heavy (non-hydrogen) atoms. The molecule has 0 amide bonds. The second-order valence-electron chi connectivity index (χ2n) is 6.05. The standard InChI is InChI=1S/C14H17ClN4O/c1-14(20,8-2-3-8)13-10-4-12(15)17-7-11(10)19(18-13)9-5-16-6-9/h4,7-9,16,20H,2-3,5-6H2,1H3. The Morgan fingerprint density at radius 1 is 1.45 bits per heavy atom. The Morgan fingerprint density at radius 2 is 2.20 bits per heavy atom. The van der Waals surface area contributed by atoms with Gasteiger partial charge in [-0.25, -0.2) is 4.98 Å². The van der Waals surface area contributed by atoms with Crippen molar-refractivity contribution in [3.8, 4) is 0 Å². The van der Waals surface area contributed by atoms with E-state index in [1.54, 1.807) is 6.20 Å². The predicted octanol–water partition coefficient (Wildman–Crippen LogP) is 1.85. The van der Waals surface area contributed by atoms with Crippen LogP contribution in [0, 0.1) is 5.92 Å². The molecule has 1 unspecified atom stereocenters. The number of hydrogen-bond donors (Lipinski definition) is 2. The third kappa shape index (κ3) is 1.77. The normalized spacial score (nSPS) is 22.8. The molecule has 0 aromatic carbocycles. The van der Waals surface area contributed by atoms with E-state index in [1.165, 1.54) is 0 Å². The second-order valence-corrected chi connectivity index (χ2v) is 6.44. The largest absolute Gasteiger partial charge is 0.383 e. The molecule has 1 atom stereocenters. The monoisotopic (exact) mass is 292 g/mol. The molecule has 106 valence electrons. The zero-order valence-corrected chi connectivity index (χ0v) is 12.1. The van der Waals surface area contributed by atoms with Crippen LogP contribution < -0.4 is 5.32 Å². The van der Waals surface area contributed by atoms with E-state index in [-0.39, 0.29) is 0 Å². The molecular formula is C14H17ClN4O. The molecule has 5 nitrogen and oxygen atoms in total. The highest BCUT2D eigenvalue weighted by molar-refractivity contribution is 6.30. The number of aliphatic hydroxyl groups is 1. The number of rotatable bonds is 3. The summed E-state index contributed by atoms with van der Waals surface area (Å²) in [6.07, 6.45) is 3.88. The first-order valence-corrected chi connectivity index (χ1v) is 7.42. The van der Waals surface area contributed by atoms with Gasteiger partial charge in [0.1, 0.15) is 16.4 Å². The first kappa shape index (κ1) is 12.6. The smallest absolute Gasteiger partial charge is 0.129 e. The van der Waals surface area contributed by atoms with E-state index in [4.69, 9.17) is 16.7 Å². The number of hydrogen-bond acceptors (Lipinski definition) is 4. The number of fused-ring (bicyclic) bond motifs is 1. The molecule has 2 fully saturated rings. The molecule has 1 saturated heterocycles. The van der Waals surface area contributed by atoms with Crippen LogP contribution in [-0.2, 0) is 5.60 Å². The number of nitrogens with zero attached hydrogens (tertiary/aromatic N) is 3. The SMILES string of the molecule is CC(O)(c1nn(C2CNC2)c2cnc(Cl)cc12)C1CC1. The molecule has 0 radical (unpaired) electrons. The van der Waals surface area contributed by atoms with E-state index in [2.05, 4.69) is 10.3 Å². The van der Waals surface area contributed by atoms with Gasteiger partial charge < -0.3 is 10.4 Å². The Balaban J connectivity index is 1.92. The van der Waals surface area contributed by atoms with Crippen LogP contribution in [0.25, 0.3) is 10.9 Å². The van der Waals surface area contributed by atoms with Crippen LogP contribution in [0.2, 0.25) is 5.15 Å². The van der Waals surface area contributed by atoms with Crippen LogP contribution >= 0.6 is 11.6 Å². The summed E-state index contributed by atoms with van der Waals surface area (Å²) < 4.78 is 1.99. The van der Waals surface area contributed by atoms with Crippen LogP contribution in [-0.4, -0.2) is 33.0 Å². The fraction of sp³-hybridized carbons (Fsp3) is 0.571. The Labute approximate surface area is 121 Å². The zero-order chi connectivity index (χ0) is 13.9. The van der Waals surface area contributed by atoms with Crippen molar-refractivity contribution in [1.29, 1.82) is 0 Å². The van der Waals surface area contributed by atoms with Crippen LogP contribution in [0.4, 0.5) is 0 Å². The lowest BCUT2D eigenvalue weighted by Crippen LogP contribution is -2.44. The zero-order valence-electron chi connectivity index (χ0n) is 11.3. The lowest BCUT2D eigenvalue weighted by Gasteiger charge is -2.28. The summed E-state index contributed by atoms with van der Waals surface area (Å²) in [6, 6.07) is 2.16. The minimum absolute atomic E-state index is 0.306. The number of nitrogens with one attached hydrogen (secondary N) is 1. The minimum Gasteiger partial charge on any atom is -0.383 e. The number of aromatic nitrogens is 3. The Hall–Kier alpha value is -1.17. The topological polar surface area (TPSA) is 63.0 Å². The first-order chi connectivity index (χ1) is 9.57. The van der Waals surface area contributed by atoms with Gasteiger partial charge in [-0.15, -0.1) is 0 Å². The van der Waals surface area contributed by atoms with Crippen molar-refractivity contribution in [2.24, 2.45) is 5.92 Å². The molecule has 2 aromatic heterocycles. The highest BCUT2D eigenvalue weighted by Crippen LogP contribution is 2.47. The van der Waals surface area contributed by atoms with E-state index >= 15 is 0 Å². The van der Waals surface area contributed by atoms with Crippen molar-refractivity contribution in [1.82, 2.24) is 20.1 Å². The molecular weight excluding hydrogens is 276 g/mol. The summed E-state index contributed by atoms with van der Waals surface area (Å²) in [5.41, 5.74) is 0.814. The third-order valence-corrected chi connectivity index (χ3v) is 4.72. The quantitative estimate of drug-likeness (QED) is 0.848. The van der Waals surface area contributed by atoms with Gasteiger partial charge in [-0.3, -0.25) is 4.68 Å². The van der Waals surface area contributed by atoms with Gasteiger partial charge >= 0.3 is 0 Å². The molecule has 0 spiro atoms. The minimum atomic E-state index is -0.884. The first-order valence-electron chi connectivity index (χ1n) is 7.04. The predicted molar refractivity (Wildman–Crippen MR) is 76.7 cm³/mol. The van der Waals surface area contributed by atoms with Gasteiger partial charge in [0.2, 0.25) is 0 Å². The van der Waals surface area contributed by atoms with Crippen molar-refractivity contribution in [3.63, 3.8) is 0 Å². The van der Waals surface area contributed by atoms with E-state index in [9.17, 15) is 5.11 Å². The van der Waals surface area contributed by atoms with Gasteiger partial charge in [0.15, 0.2) is 0 Å². The molecule has 1 saturated carbocycles. The van der Waals surface area contributed by atoms with Gasteiger partial charge in [0, 0.05) is 18.5 Å². The van der Waals surface area contributed by atoms with Crippen LogP contribution in [0.1, 0.15) is 31.5 Å². The molecule has 0 bridgehead atoms.